The van der Waals surface area contributed by atoms with E-state index in [1.54, 1.807) is 0 Å². The Balaban J connectivity index is 3.63. The molecule has 0 bridgehead atoms. The Labute approximate surface area is 103 Å². The van der Waals surface area contributed by atoms with Crippen molar-refractivity contribution in [1.29, 1.82) is 0 Å². The van der Waals surface area contributed by atoms with Crippen LogP contribution in [-0.4, -0.2) is 13.3 Å². The molecule has 1 rings (SSSR count). The first kappa shape index (κ1) is 12.7. The molecule has 1 aromatic rings. The first-order valence-corrected chi connectivity index (χ1v) is 6.79. The number of nitro groups is 1. The first-order valence-electron chi connectivity index (χ1n) is 3.31. The standard InChI is InChI=1S/C6H2BrCl2NO4S/c7-3-1-4(10(11)12)6(8)5(2-3)15(9,13)14/h1-2H. The molecule has 5 nitrogen and oxygen atoms in total. The maximum atomic E-state index is 11.0. The lowest BCUT2D eigenvalue weighted by Crippen LogP contribution is -1.97. The average Bonchev–Trinajstić information content (AvgIpc) is 2.06. The third-order valence-corrected chi connectivity index (χ3v) is 3.76. The van der Waals surface area contributed by atoms with Crippen molar-refractivity contribution < 1.29 is 13.3 Å². The highest BCUT2D eigenvalue weighted by molar-refractivity contribution is 9.10. The molecule has 82 valence electrons. The number of rotatable bonds is 2. The van der Waals surface area contributed by atoms with Gasteiger partial charge in [0.1, 0.15) is 9.92 Å². The number of benzene rings is 1. The SMILES string of the molecule is O=[N+]([O-])c1cc(Br)cc(S(=O)(=O)Cl)c1Cl. The maximum Gasteiger partial charge on any atom is 0.290 e. The molecule has 0 amide bonds. The smallest absolute Gasteiger partial charge is 0.258 e. The normalized spacial score (nSPS) is 11.4. The van der Waals surface area contributed by atoms with Crippen LogP contribution in [-0.2, 0) is 9.05 Å². The zero-order valence-corrected chi connectivity index (χ0v) is 10.7. The molecule has 0 aliphatic heterocycles. The number of nitrogens with zero attached hydrogens (tertiary/aromatic N) is 1. The van der Waals surface area contributed by atoms with E-state index in [9.17, 15) is 18.5 Å². The van der Waals surface area contributed by atoms with Crippen LogP contribution in [0.25, 0.3) is 0 Å². The summed E-state index contributed by atoms with van der Waals surface area (Å²) >= 11 is 8.46. The molecule has 0 radical (unpaired) electrons. The van der Waals surface area contributed by atoms with E-state index in [4.69, 9.17) is 22.3 Å². The highest BCUT2D eigenvalue weighted by Crippen LogP contribution is 2.35. The molecule has 0 unspecified atom stereocenters. The molecule has 0 aliphatic carbocycles. The fraction of sp³-hybridized carbons (Fsp3) is 0. The second kappa shape index (κ2) is 4.25. The molecular weight excluding hydrogens is 333 g/mol. The zero-order valence-electron chi connectivity index (χ0n) is 6.78. The minimum atomic E-state index is -4.11. The van der Waals surface area contributed by atoms with Gasteiger partial charge in [-0.05, 0) is 6.07 Å². The van der Waals surface area contributed by atoms with Gasteiger partial charge in [-0.2, -0.15) is 0 Å². The summed E-state index contributed by atoms with van der Waals surface area (Å²) in [4.78, 5) is 9.23. The van der Waals surface area contributed by atoms with E-state index in [0.29, 0.717) is 0 Å². The lowest BCUT2D eigenvalue weighted by Gasteiger charge is -2.01. The molecule has 0 spiro atoms. The van der Waals surface area contributed by atoms with Crippen LogP contribution in [0.4, 0.5) is 5.69 Å². The third-order valence-electron chi connectivity index (χ3n) is 1.44. The van der Waals surface area contributed by atoms with E-state index < -0.39 is 29.6 Å². The minimum Gasteiger partial charge on any atom is -0.258 e. The zero-order chi connectivity index (χ0) is 11.8. The largest absolute Gasteiger partial charge is 0.290 e. The molecule has 0 saturated carbocycles. The predicted octanol–water partition coefficient (Wildman–Crippen LogP) is 2.94. The van der Waals surface area contributed by atoms with E-state index >= 15 is 0 Å². The molecule has 0 aromatic heterocycles. The average molecular weight is 335 g/mol. The van der Waals surface area contributed by atoms with E-state index in [1.807, 2.05) is 0 Å². The van der Waals surface area contributed by atoms with Crippen molar-refractivity contribution in [2.24, 2.45) is 0 Å². The fourth-order valence-electron chi connectivity index (χ4n) is 0.861. The maximum absolute atomic E-state index is 11.0. The summed E-state index contributed by atoms with van der Waals surface area (Å²) in [5, 5.41) is 10.0. The molecule has 15 heavy (non-hydrogen) atoms. The quantitative estimate of drug-likeness (QED) is 0.473. The van der Waals surface area contributed by atoms with Gasteiger partial charge in [0.15, 0.2) is 0 Å². The Morgan fingerprint density at radius 1 is 1.40 bits per heavy atom. The molecule has 0 N–H and O–H groups in total. The molecular formula is C6H2BrCl2NO4S. The van der Waals surface area contributed by atoms with Gasteiger partial charge in [0.25, 0.3) is 14.7 Å². The lowest BCUT2D eigenvalue weighted by atomic mass is 10.3. The second-order valence-electron chi connectivity index (χ2n) is 2.43. The molecule has 0 fully saturated rings. The highest BCUT2D eigenvalue weighted by atomic mass is 79.9. The van der Waals surface area contributed by atoms with Crippen LogP contribution in [0.1, 0.15) is 0 Å². The molecule has 9 heteroatoms. The van der Waals surface area contributed by atoms with Gasteiger partial charge in [-0.15, -0.1) is 0 Å². The topological polar surface area (TPSA) is 77.3 Å². The van der Waals surface area contributed by atoms with Crippen LogP contribution in [0, 0.1) is 10.1 Å². The van der Waals surface area contributed by atoms with E-state index in [0.717, 1.165) is 12.1 Å². The van der Waals surface area contributed by atoms with Crippen molar-refractivity contribution in [2.45, 2.75) is 4.90 Å². The van der Waals surface area contributed by atoms with Crippen LogP contribution < -0.4 is 0 Å². The van der Waals surface area contributed by atoms with Crippen molar-refractivity contribution in [3.63, 3.8) is 0 Å². The number of nitro benzene ring substituents is 1. The molecule has 0 atom stereocenters. The van der Waals surface area contributed by atoms with Gasteiger partial charge < -0.3 is 0 Å². The van der Waals surface area contributed by atoms with Crippen LogP contribution in [0.3, 0.4) is 0 Å². The molecule has 1 aromatic carbocycles. The summed E-state index contributed by atoms with van der Waals surface area (Å²) in [6.07, 6.45) is 0. The number of halogens is 3. The summed E-state index contributed by atoms with van der Waals surface area (Å²) in [5.74, 6) is 0. The van der Waals surface area contributed by atoms with Crippen LogP contribution in [0.15, 0.2) is 21.5 Å². The molecule has 0 saturated heterocycles. The van der Waals surface area contributed by atoms with Gasteiger partial charge in [0.05, 0.1) is 4.92 Å². The van der Waals surface area contributed by atoms with Gasteiger partial charge in [0.2, 0.25) is 0 Å². The van der Waals surface area contributed by atoms with Crippen molar-refractivity contribution in [1.82, 2.24) is 0 Å². The fourth-order valence-corrected chi connectivity index (χ4v) is 3.01. The highest BCUT2D eigenvalue weighted by Gasteiger charge is 2.24. The van der Waals surface area contributed by atoms with Gasteiger partial charge in [-0.25, -0.2) is 8.42 Å². The van der Waals surface area contributed by atoms with Gasteiger partial charge in [-0.1, -0.05) is 27.5 Å². The van der Waals surface area contributed by atoms with Gasteiger partial charge in [0, 0.05) is 21.2 Å². The molecule has 0 aliphatic rings. The third kappa shape index (κ3) is 2.81. The summed E-state index contributed by atoms with van der Waals surface area (Å²) in [6.45, 7) is 0. The van der Waals surface area contributed by atoms with Crippen molar-refractivity contribution in [3.8, 4) is 0 Å². The molecule has 0 heterocycles. The van der Waals surface area contributed by atoms with Gasteiger partial charge in [-0.3, -0.25) is 10.1 Å². The van der Waals surface area contributed by atoms with E-state index in [1.165, 1.54) is 0 Å². The Morgan fingerprint density at radius 2 is 1.93 bits per heavy atom. The summed E-state index contributed by atoms with van der Waals surface area (Å²) in [5.41, 5.74) is -0.523. The lowest BCUT2D eigenvalue weighted by molar-refractivity contribution is -0.385. The number of hydrogen-bond donors (Lipinski definition) is 0. The predicted molar refractivity (Wildman–Crippen MR) is 58.8 cm³/mol. The minimum absolute atomic E-state index is 0.206. The number of hydrogen-bond acceptors (Lipinski definition) is 4. The van der Waals surface area contributed by atoms with Crippen molar-refractivity contribution >= 4 is 53.0 Å². The monoisotopic (exact) mass is 333 g/mol. The summed E-state index contributed by atoms with van der Waals surface area (Å²) < 4.78 is 22.2. The first-order chi connectivity index (χ1) is 6.73. The second-order valence-corrected chi connectivity index (χ2v) is 6.26. The van der Waals surface area contributed by atoms with Crippen LogP contribution in [0.5, 0.6) is 0 Å². The van der Waals surface area contributed by atoms with Crippen LogP contribution in [0.2, 0.25) is 5.02 Å². The van der Waals surface area contributed by atoms with E-state index in [2.05, 4.69) is 15.9 Å². The van der Waals surface area contributed by atoms with Crippen molar-refractivity contribution in [2.75, 3.05) is 0 Å². The Kier molecular flexibility index (Phi) is 3.59. The summed E-state index contributed by atoms with van der Waals surface area (Å²) in [7, 11) is 0.951. The Hall–Kier alpha value is -0.370. The Bertz CT molecular complexity index is 530. The Morgan fingerprint density at radius 3 is 2.33 bits per heavy atom. The summed E-state index contributed by atoms with van der Waals surface area (Å²) in [6, 6.07) is 2.19. The van der Waals surface area contributed by atoms with Crippen LogP contribution >= 0.6 is 38.2 Å². The van der Waals surface area contributed by atoms with E-state index in [-0.39, 0.29) is 4.47 Å². The van der Waals surface area contributed by atoms with Gasteiger partial charge >= 0.3 is 0 Å². The van der Waals surface area contributed by atoms with Crippen molar-refractivity contribution in [3.05, 3.63) is 31.7 Å².